The van der Waals surface area contributed by atoms with Crippen LogP contribution in [0.25, 0.3) is 0 Å². The summed E-state index contributed by atoms with van der Waals surface area (Å²) in [5, 5.41) is 16.2. The van der Waals surface area contributed by atoms with Crippen molar-refractivity contribution in [2.24, 2.45) is 5.92 Å². The van der Waals surface area contributed by atoms with Gasteiger partial charge in [-0.3, -0.25) is 0 Å². The van der Waals surface area contributed by atoms with Crippen molar-refractivity contribution in [3.8, 4) is 0 Å². The molecule has 1 N–H and O–H groups in total. The maximum Gasteiger partial charge on any atom is 0.137 e. The molecule has 1 aliphatic rings. The summed E-state index contributed by atoms with van der Waals surface area (Å²) in [6.45, 7) is 2.44. The van der Waals surface area contributed by atoms with Crippen molar-refractivity contribution in [1.29, 1.82) is 0 Å². The highest BCUT2D eigenvalue weighted by Gasteiger charge is 2.45. The van der Waals surface area contributed by atoms with Crippen LogP contribution in [0.2, 0.25) is 5.02 Å². The summed E-state index contributed by atoms with van der Waals surface area (Å²) in [6.07, 6.45) is 7.94. The molecule has 1 saturated carbocycles. The van der Waals surface area contributed by atoms with Crippen molar-refractivity contribution >= 4 is 11.6 Å². The third kappa shape index (κ3) is 2.94. The zero-order valence-electron chi connectivity index (χ0n) is 12.6. The van der Waals surface area contributed by atoms with Gasteiger partial charge in [-0.25, -0.2) is 9.67 Å². The molecule has 1 fully saturated rings. The summed E-state index contributed by atoms with van der Waals surface area (Å²) >= 11 is 5.95. The first-order valence-corrected chi connectivity index (χ1v) is 7.94. The summed E-state index contributed by atoms with van der Waals surface area (Å²) in [4.78, 5) is 3.97. The maximum atomic E-state index is 11.3. The molecule has 116 valence electrons. The molecular formula is C17H20ClN3O. The van der Waals surface area contributed by atoms with Gasteiger partial charge in [0.05, 0.1) is 6.54 Å². The first-order chi connectivity index (χ1) is 10.6. The van der Waals surface area contributed by atoms with Crippen LogP contribution in [0.1, 0.15) is 25.3 Å². The van der Waals surface area contributed by atoms with E-state index in [0.717, 1.165) is 29.9 Å². The fraction of sp³-hybridized carbons (Fsp3) is 0.412. The van der Waals surface area contributed by atoms with Gasteiger partial charge in [-0.2, -0.15) is 5.10 Å². The van der Waals surface area contributed by atoms with Gasteiger partial charge in [0, 0.05) is 5.02 Å². The van der Waals surface area contributed by atoms with E-state index in [9.17, 15) is 5.11 Å². The van der Waals surface area contributed by atoms with Crippen LogP contribution in [-0.4, -0.2) is 25.5 Å². The van der Waals surface area contributed by atoms with E-state index in [1.807, 2.05) is 37.3 Å². The Morgan fingerprint density at radius 3 is 2.82 bits per heavy atom. The predicted octanol–water partition coefficient (Wildman–Crippen LogP) is 3.26. The van der Waals surface area contributed by atoms with Crippen molar-refractivity contribution in [3.05, 3.63) is 59.2 Å². The second-order valence-electron chi connectivity index (χ2n) is 5.90. The Bertz CT molecular complexity index is 651. The van der Waals surface area contributed by atoms with Crippen LogP contribution < -0.4 is 0 Å². The van der Waals surface area contributed by atoms with E-state index >= 15 is 0 Å². The normalized spacial score (nSPS) is 26.7. The number of nitrogens with zero attached hydrogens (tertiary/aromatic N) is 3. The second kappa shape index (κ2) is 6.23. The largest absolute Gasteiger partial charge is 0.383 e. The highest BCUT2D eigenvalue weighted by atomic mass is 35.5. The molecule has 0 bridgehead atoms. The standard InChI is InChI=1S/C17H20ClN3O/c1-2-14-5-6-15(9-13-3-7-16(18)8-4-13)17(14,22)10-21-12-19-11-20-21/h2-4,7-8,11-12,15,22H,5-6,9-10H2,1H3/b14-2+. The molecule has 0 amide bonds. The Morgan fingerprint density at radius 2 is 2.18 bits per heavy atom. The maximum absolute atomic E-state index is 11.3. The third-order valence-electron chi connectivity index (χ3n) is 4.61. The quantitative estimate of drug-likeness (QED) is 0.881. The number of hydrogen-bond donors (Lipinski definition) is 1. The number of halogens is 1. The van der Waals surface area contributed by atoms with Crippen molar-refractivity contribution in [2.45, 2.75) is 38.3 Å². The lowest BCUT2D eigenvalue weighted by molar-refractivity contribution is 0.0155. The summed E-state index contributed by atoms with van der Waals surface area (Å²) in [5.41, 5.74) is 1.44. The molecule has 2 unspecified atom stereocenters. The van der Waals surface area contributed by atoms with Crippen LogP contribution in [0.3, 0.4) is 0 Å². The monoisotopic (exact) mass is 317 g/mol. The minimum Gasteiger partial charge on any atom is -0.383 e. The third-order valence-corrected chi connectivity index (χ3v) is 4.86. The molecule has 0 spiro atoms. The first kappa shape index (κ1) is 15.3. The van der Waals surface area contributed by atoms with Crippen LogP contribution >= 0.6 is 11.6 Å². The molecular weight excluding hydrogens is 298 g/mol. The van der Waals surface area contributed by atoms with Crippen LogP contribution in [0.5, 0.6) is 0 Å². The fourth-order valence-corrected chi connectivity index (χ4v) is 3.54. The molecule has 2 atom stereocenters. The van der Waals surface area contributed by atoms with Crippen molar-refractivity contribution < 1.29 is 5.11 Å². The molecule has 0 radical (unpaired) electrons. The fourth-order valence-electron chi connectivity index (χ4n) is 3.41. The van der Waals surface area contributed by atoms with Crippen LogP contribution in [0, 0.1) is 5.92 Å². The molecule has 4 nitrogen and oxygen atoms in total. The summed E-state index contributed by atoms with van der Waals surface area (Å²) < 4.78 is 1.71. The molecule has 1 heterocycles. The Hall–Kier alpha value is -1.65. The van der Waals surface area contributed by atoms with Gasteiger partial charge in [0.15, 0.2) is 0 Å². The van der Waals surface area contributed by atoms with Crippen molar-refractivity contribution in [2.75, 3.05) is 0 Å². The van der Waals surface area contributed by atoms with E-state index in [0.29, 0.717) is 6.54 Å². The highest BCUT2D eigenvalue weighted by molar-refractivity contribution is 6.30. The minimum atomic E-state index is -0.859. The van der Waals surface area contributed by atoms with Gasteiger partial charge in [0.1, 0.15) is 18.3 Å². The smallest absolute Gasteiger partial charge is 0.137 e. The van der Waals surface area contributed by atoms with Crippen LogP contribution in [0.4, 0.5) is 0 Å². The predicted molar refractivity (Wildman–Crippen MR) is 86.6 cm³/mol. The van der Waals surface area contributed by atoms with Gasteiger partial charge in [-0.15, -0.1) is 0 Å². The van der Waals surface area contributed by atoms with Crippen molar-refractivity contribution in [1.82, 2.24) is 14.8 Å². The second-order valence-corrected chi connectivity index (χ2v) is 6.33. The minimum absolute atomic E-state index is 0.170. The van der Waals surface area contributed by atoms with Crippen molar-refractivity contribution in [3.63, 3.8) is 0 Å². The lowest BCUT2D eigenvalue weighted by Gasteiger charge is -2.31. The lowest BCUT2D eigenvalue weighted by atomic mass is 9.83. The Morgan fingerprint density at radius 1 is 1.41 bits per heavy atom. The molecule has 2 aromatic rings. The zero-order valence-corrected chi connectivity index (χ0v) is 13.4. The molecule has 0 saturated heterocycles. The van der Waals surface area contributed by atoms with Gasteiger partial charge < -0.3 is 5.11 Å². The first-order valence-electron chi connectivity index (χ1n) is 7.56. The number of aliphatic hydroxyl groups is 1. The van der Waals surface area contributed by atoms with E-state index in [1.54, 1.807) is 11.0 Å². The number of rotatable bonds is 4. The molecule has 1 aromatic carbocycles. The zero-order chi connectivity index (χ0) is 15.6. The Labute approximate surface area is 135 Å². The topological polar surface area (TPSA) is 50.9 Å². The van der Waals surface area contributed by atoms with E-state index in [4.69, 9.17) is 11.6 Å². The average molecular weight is 318 g/mol. The van der Waals surface area contributed by atoms with E-state index in [-0.39, 0.29) is 5.92 Å². The number of hydrogen-bond acceptors (Lipinski definition) is 3. The summed E-state index contributed by atoms with van der Waals surface area (Å²) in [6, 6.07) is 7.87. The van der Waals surface area contributed by atoms with Crippen LogP contribution in [0.15, 0.2) is 48.6 Å². The van der Waals surface area contributed by atoms with E-state index < -0.39 is 5.60 Å². The van der Waals surface area contributed by atoms with Gasteiger partial charge in [0.25, 0.3) is 0 Å². The van der Waals surface area contributed by atoms with E-state index in [2.05, 4.69) is 10.1 Å². The summed E-state index contributed by atoms with van der Waals surface area (Å²) in [7, 11) is 0. The van der Waals surface area contributed by atoms with Gasteiger partial charge in [-0.1, -0.05) is 29.8 Å². The van der Waals surface area contributed by atoms with Gasteiger partial charge in [0.2, 0.25) is 0 Å². The number of aromatic nitrogens is 3. The van der Waals surface area contributed by atoms with Crippen LogP contribution in [-0.2, 0) is 13.0 Å². The summed E-state index contributed by atoms with van der Waals surface area (Å²) in [5.74, 6) is 0.170. The molecule has 3 rings (SSSR count). The van der Waals surface area contributed by atoms with E-state index in [1.165, 1.54) is 11.9 Å². The van der Waals surface area contributed by atoms with Gasteiger partial charge >= 0.3 is 0 Å². The molecule has 0 aliphatic heterocycles. The van der Waals surface area contributed by atoms with Gasteiger partial charge in [-0.05, 0) is 55.4 Å². The lowest BCUT2D eigenvalue weighted by Crippen LogP contribution is -2.40. The average Bonchev–Trinajstić information content (AvgIpc) is 3.11. The highest BCUT2D eigenvalue weighted by Crippen LogP contribution is 2.43. The molecule has 1 aliphatic carbocycles. The Kier molecular flexibility index (Phi) is 4.32. The number of allylic oxidation sites excluding steroid dienone is 1. The SMILES string of the molecule is C/C=C1\CCC(Cc2ccc(Cl)cc2)C1(O)Cn1cncn1. The molecule has 22 heavy (non-hydrogen) atoms. The number of benzene rings is 1. The molecule has 1 aromatic heterocycles. The molecule has 5 heteroatoms. The Balaban J connectivity index is 1.84.